The van der Waals surface area contributed by atoms with E-state index in [-0.39, 0.29) is 0 Å². The van der Waals surface area contributed by atoms with Gasteiger partial charge in [-0.1, -0.05) is 13.8 Å². The third kappa shape index (κ3) is 4.70. The lowest BCUT2D eigenvalue weighted by Gasteiger charge is -2.39. The molecule has 0 heterocycles. The molecule has 3 nitrogen and oxygen atoms in total. The SMILES string of the molecule is CN(C(=O)CC1CCC(CN)CC1)C1CCC(C)(C)CC1. The van der Waals surface area contributed by atoms with Gasteiger partial charge in [-0.15, -0.1) is 0 Å². The van der Waals surface area contributed by atoms with Gasteiger partial charge in [0, 0.05) is 19.5 Å². The van der Waals surface area contributed by atoms with E-state index in [1.165, 1.54) is 51.4 Å². The van der Waals surface area contributed by atoms with Crippen LogP contribution in [-0.4, -0.2) is 30.4 Å². The van der Waals surface area contributed by atoms with Crippen molar-refractivity contribution >= 4 is 5.91 Å². The van der Waals surface area contributed by atoms with Crippen LogP contribution in [-0.2, 0) is 4.79 Å². The quantitative estimate of drug-likeness (QED) is 0.861. The molecule has 2 N–H and O–H groups in total. The first-order valence-corrected chi connectivity index (χ1v) is 8.87. The van der Waals surface area contributed by atoms with Gasteiger partial charge in [0.1, 0.15) is 0 Å². The molecule has 2 aliphatic carbocycles. The standard InChI is InChI=1S/C18H34N2O/c1-18(2)10-8-16(9-11-18)20(3)17(21)12-14-4-6-15(13-19)7-5-14/h14-16H,4-13,19H2,1-3H3. The first-order valence-electron chi connectivity index (χ1n) is 8.87. The second kappa shape index (κ2) is 7.13. The van der Waals surface area contributed by atoms with Crippen LogP contribution in [0.2, 0.25) is 0 Å². The molecular weight excluding hydrogens is 260 g/mol. The summed E-state index contributed by atoms with van der Waals surface area (Å²) in [4.78, 5) is 14.6. The molecule has 2 fully saturated rings. The Hall–Kier alpha value is -0.570. The Kier molecular flexibility index (Phi) is 5.70. The van der Waals surface area contributed by atoms with Gasteiger partial charge in [-0.3, -0.25) is 4.79 Å². The highest BCUT2D eigenvalue weighted by Crippen LogP contribution is 2.37. The van der Waals surface area contributed by atoms with E-state index in [0.29, 0.717) is 29.2 Å². The molecule has 0 aromatic heterocycles. The summed E-state index contributed by atoms with van der Waals surface area (Å²) < 4.78 is 0. The summed E-state index contributed by atoms with van der Waals surface area (Å²) in [6.07, 6.45) is 10.4. The minimum atomic E-state index is 0.371. The zero-order valence-corrected chi connectivity index (χ0v) is 14.2. The Morgan fingerprint density at radius 1 is 1.05 bits per heavy atom. The molecule has 2 aliphatic rings. The number of nitrogens with zero attached hydrogens (tertiary/aromatic N) is 1. The average Bonchev–Trinajstić information content (AvgIpc) is 2.47. The number of rotatable bonds is 4. The van der Waals surface area contributed by atoms with Crippen LogP contribution in [0.5, 0.6) is 0 Å². The van der Waals surface area contributed by atoms with Crippen LogP contribution in [0, 0.1) is 17.3 Å². The van der Waals surface area contributed by atoms with Crippen LogP contribution in [0.4, 0.5) is 0 Å². The highest BCUT2D eigenvalue weighted by molar-refractivity contribution is 5.76. The second-order valence-electron chi connectivity index (χ2n) is 8.23. The zero-order valence-electron chi connectivity index (χ0n) is 14.2. The van der Waals surface area contributed by atoms with Crippen LogP contribution in [0.1, 0.15) is 71.6 Å². The molecule has 3 heteroatoms. The van der Waals surface area contributed by atoms with Crippen LogP contribution < -0.4 is 5.73 Å². The number of nitrogens with two attached hydrogens (primary N) is 1. The lowest BCUT2D eigenvalue weighted by molar-refractivity contribution is -0.134. The Morgan fingerprint density at radius 3 is 2.10 bits per heavy atom. The molecule has 0 radical (unpaired) electrons. The van der Waals surface area contributed by atoms with Gasteiger partial charge in [0.15, 0.2) is 0 Å². The fourth-order valence-corrected chi connectivity index (χ4v) is 4.04. The van der Waals surface area contributed by atoms with Gasteiger partial charge in [-0.25, -0.2) is 0 Å². The lowest BCUT2D eigenvalue weighted by atomic mass is 9.75. The van der Waals surface area contributed by atoms with Gasteiger partial charge in [0.05, 0.1) is 0 Å². The summed E-state index contributed by atoms with van der Waals surface area (Å²) in [7, 11) is 2.02. The van der Waals surface area contributed by atoms with Crippen molar-refractivity contribution < 1.29 is 4.79 Å². The molecule has 0 atom stereocenters. The largest absolute Gasteiger partial charge is 0.343 e. The molecule has 2 saturated carbocycles. The summed E-state index contributed by atoms with van der Waals surface area (Å²) in [5.74, 6) is 1.67. The molecular formula is C18H34N2O. The van der Waals surface area contributed by atoms with Gasteiger partial charge >= 0.3 is 0 Å². The van der Waals surface area contributed by atoms with Crippen molar-refractivity contribution in [2.24, 2.45) is 23.0 Å². The predicted molar refractivity (Wildman–Crippen MR) is 87.9 cm³/mol. The summed E-state index contributed by atoms with van der Waals surface area (Å²) in [6.45, 7) is 5.51. The summed E-state index contributed by atoms with van der Waals surface area (Å²) in [6, 6.07) is 0.478. The monoisotopic (exact) mass is 294 g/mol. The molecule has 0 unspecified atom stereocenters. The van der Waals surface area contributed by atoms with E-state index in [4.69, 9.17) is 5.73 Å². The topological polar surface area (TPSA) is 46.3 Å². The predicted octanol–water partition coefficient (Wildman–Crippen LogP) is 3.57. The van der Waals surface area contributed by atoms with Gasteiger partial charge in [-0.05, 0) is 75.2 Å². The number of hydrogen-bond donors (Lipinski definition) is 1. The van der Waals surface area contributed by atoms with E-state index in [9.17, 15) is 4.79 Å². The van der Waals surface area contributed by atoms with Gasteiger partial charge < -0.3 is 10.6 Å². The maximum atomic E-state index is 12.5. The summed E-state index contributed by atoms with van der Waals surface area (Å²) in [5, 5.41) is 0. The number of carbonyl (C=O) groups is 1. The molecule has 0 bridgehead atoms. The van der Waals surface area contributed by atoms with Crippen molar-refractivity contribution in [2.45, 2.75) is 77.7 Å². The van der Waals surface area contributed by atoms with Crippen LogP contribution >= 0.6 is 0 Å². The maximum Gasteiger partial charge on any atom is 0.222 e. The Balaban J connectivity index is 1.75. The van der Waals surface area contributed by atoms with Crippen molar-refractivity contribution in [3.05, 3.63) is 0 Å². The molecule has 1 amide bonds. The van der Waals surface area contributed by atoms with Crippen molar-refractivity contribution in [2.75, 3.05) is 13.6 Å². The van der Waals surface area contributed by atoms with E-state index < -0.39 is 0 Å². The van der Waals surface area contributed by atoms with Crippen molar-refractivity contribution in [3.8, 4) is 0 Å². The highest BCUT2D eigenvalue weighted by Gasteiger charge is 2.31. The van der Waals surface area contributed by atoms with Crippen LogP contribution in [0.15, 0.2) is 0 Å². The van der Waals surface area contributed by atoms with E-state index in [2.05, 4.69) is 18.7 Å². The Labute approximate surface area is 130 Å². The minimum Gasteiger partial charge on any atom is -0.343 e. The normalized spacial score (nSPS) is 30.1. The minimum absolute atomic E-state index is 0.371. The molecule has 0 aliphatic heterocycles. The highest BCUT2D eigenvalue weighted by atomic mass is 16.2. The van der Waals surface area contributed by atoms with Crippen molar-refractivity contribution in [1.82, 2.24) is 4.90 Å². The van der Waals surface area contributed by atoms with E-state index >= 15 is 0 Å². The molecule has 122 valence electrons. The maximum absolute atomic E-state index is 12.5. The Bertz CT molecular complexity index is 335. The third-order valence-corrected chi connectivity index (χ3v) is 6.01. The Morgan fingerprint density at radius 2 is 1.57 bits per heavy atom. The fourth-order valence-electron chi connectivity index (χ4n) is 4.04. The van der Waals surface area contributed by atoms with Gasteiger partial charge in [0.25, 0.3) is 0 Å². The molecule has 0 aromatic rings. The number of carbonyl (C=O) groups excluding carboxylic acids is 1. The number of hydrogen-bond acceptors (Lipinski definition) is 2. The van der Waals surface area contributed by atoms with Gasteiger partial charge in [0.2, 0.25) is 5.91 Å². The third-order valence-electron chi connectivity index (χ3n) is 6.01. The zero-order chi connectivity index (χ0) is 15.5. The summed E-state index contributed by atoms with van der Waals surface area (Å²) in [5.41, 5.74) is 6.22. The van der Waals surface area contributed by atoms with E-state index in [1.54, 1.807) is 0 Å². The number of amides is 1. The van der Waals surface area contributed by atoms with Gasteiger partial charge in [-0.2, -0.15) is 0 Å². The van der Waals surface area contributed by atoms with Crippen molar-refractivity contribution in [3.63, 3.8) is 0 Å². The van der Waals surface area contributed by atoms with Crippen LogP contribution in [0.3, 0.4) is 0 Å². The molecule has 0 saturated heterocycles. The lowest BCUT2D eigenvalue weighted by Crippen LogP contribution is -2.41. The molecule has 21 heavy (non-hydrogen) atoms. The first-order chi connectivity index (χ1) is 9.91. The van der Waals surface area contributed by atoms with E-state index in [1.807, 2.05) is 7.05 Å². The summed E-state index contributed by atoms with van der Waals surface area (Å²) >= 11 is 0. The smallest absolute Gasteiger partial charge is 0.222 e. The first kappa shape index (κ1) is 16.8. The average molecular weight is 294 g/mol. The fraction of sp³-hybridized carbons (Fsp3) is 0.944. The molecule has 0 spiro atoms. The van der Waals surface area contributed by atoms with Crippen LogP contribution in [0.25, 0.3) is 0 Å². The second-order valence-corrected chi connectivity index (χ2v) is 8.23. The molecule has 0 aromatic carbocycles. The van der Waals surface area contributed by atoms with E-state index in [0.717, 1.165) is 13.0 Å². The van der Waals surface area contributed by atoms with Crippen molar-refractivity contribution in [1.29, 1.82) is 0 Å². The molecule has 2 rings (SSSR count).